The van der Waals surface area contributed by atoms with Crippen LogP contribution in [0.1, 0.15) is 58.3 Å². The molecular formula is C26H29N3O4S. The molecular weight excluding hydrogens is 450 g/mol. The summed E-state index contributed by atoms with van der Waals surface area (Å²) in [6, 6.07) is 11.7. The number of thiophene rings is 1. The molecule has 8 heteroatoms. The van der Waals surface area contributed by atoms with E-state index in [1.165, 1.54) is 22.5 Å². The largest absolute Gasteiger partial charge is 0.467 e. The van der Waals surface area contributed by atoms with Crippen molar-refractivity contribution < 1.29 is 18.8 Å². The molecule has 178 valence electrons. The van der Waals surface area contributed by atoms with Crippen molar-refractivity contribution in [2.75, 3.05) is 11.4 Å². The Labute approximate surface area is 203 Å². The third-order valence-corrected chi connectivity index (χ3v) is 6.92. The Morgan fingerprint density at radius 1 is 1.12 bits per heavy atom. The molecule has 0 unspecified atom stereocenters. The van der Waals surface area contributed by atoms with Crippen molar-refractivity contribution in [2.45, 2.75) is 51.6 Å². The van der Waals surface area contributed by atoms with E-state index < -0.39 is 11.9 Å². The van der Waals surface area contributed by atoms with E-state index in [9.17, 15) is 14.4 Å². The Bertz CT molecular complexity index is 1140. The topological polar surface area (TPSA) is 91.7 Å². The van der Waals surface area contributed by atoms with Crippen LogP contribution < -0.4 is 15.5 Å². The van der Waals surface area contributed by atoms with Crippen molar-refractivity contribution in [3.05, 3.63) is 75.9 Å². The summed E-state index contributed by atoms with van der Waals surface area (Å²) in [5.41, 5.74) is 2.50. The fourth-order valence-electron chi connectivity index (χ4n) is 4.40. The first-order valence-corrected chi connectivity index (χ1v) is 12.4. The van der Waals surface area contributed by atoms with Crippen LogP contribution in [0.4, 0.5) is 5.69 Å². The van der Waals surface area contributed by atoms with Crippen molar-refractivity contribution in [3.8, 4) is 0 Å². The van der Waals surface area contributed by atoms with E-state index in [0.717, 1.165) is 36.8 Å². The number of nitrogens with zero attached hydrogens (tertiary/aromatic N) is 1. The van der Waals surface area contributed by atoms with Crippen molar-refractivity contribution >= 4 is 34.7 Å². The summed E-state index contributed by atoms with van der Waals surface area (Å²) >= 11 is 1.30. The number of furan rings is 1. The molecule has 1 aromatic carbocycles. The monoisotopic (exact) mass is 479 g/mol. The molecule has 2 aromatic heterocycles. The van der Waals surface area contributed by atoms with Crippen LogP contribution in [-0.2, 0) is 9.59 Å². The number of nitrogens with one attached hydrogen (secondary N) is 2. The Morgan fingerprint density at radius 2 is 1.91 bits per heavy atom. The highest BCUT2D eigenvalue weighted by atomic mass is 32.1. The van der Waals surface area contributed by atoms with Gasteiger partial charge in [-0.3, -0.25) is 19.3 Å². The van der Waals surface area contributed by atoms with E-state index >= 15 is 0 Å². The Morgan fingerprint density at radius 3 is 2.56 bits per heavy atom. The minimum atomic E-state index is -0.997. The highest BCUT2D eigenvalue weighted by Crippen LogP contribution is 2.32. The molecule has 1 aliphatic carbocycles. The zero-order valence-corrected chi connectivity index (χ0v) is 20.2. The van der Waals surface area contributed by atoms with Gasteiger partial charge in [-0.15, -0.1) is 11.3 Å². The molecule has 0 aliphatic heterocycles. The number of aryl methyl sites for hydroxylation is 2. The van der Waals surface area contributed by atoms with Crippen LogP contribution in [0.3, 0.4) is 0 Å². The van der Waals surface area contributed by atoms with Crippen LogP contribution in [0.15, 0.2) is 58.5 Å². The summed E-state index contributed by atoms with van der Waals surface area (Å²) in [5.74, 6) is -0.651. The van der Waals surface area contributed by atoms with E-state index in [1.807, 2.05) is 32.0 Å². The normalized spacial score (nSPS) is 14.5. The van der Waals surface area contributed by atoms with Gasteiger partial charge in [-0.1, -0.05) is 36.6 Å². The van der Waals surface area contributed by atoms with E-state index in [1.54, 1.807) is 29.6 Å². The van der Waals surface area contributed by atoms with Gasteiger partial charge in [0.15, 0.2) is 6.04 Å². The van der Waals surface area contributed by atoms with Gasteiger partial charge in [0.25, 0.3) is 11.8 Å². The predicted molar refractivity (Wildman–Crippen MR) is 132 cm³/mol. The summed E-state index contributed by atoms with van der Waals surface area (Å²) in [7, 11) is 0. The minimum absolute atomic E-state index is 0.0829. The first-order valence-electron chi connectivity index (χ1n) is 11.5. The molecule has 1 atom stereocenters. The predicted octanol–water partition coefficient (Wildman–Crippen LogP) is 4.52. The maximum Gasteiger partial charge on any atom is 0.261 e. The van der Waals surface area contributed by atoms with Gasteiger partial charge in [0.2, 0.25) is 5.91 Å². The molecule has 34 heavy (non-hydrogen) atoms. The molecule has 2 N–H and O–H groups in total. The molecule has 1 aliphatic rings. The lowest BCUT2D eigenvalue weighted by molar-refractivity contribution is -0.127. The maximum absolute atomic E-state index is 13.6. The molecule has 0 spiro atoms. The van der Waals surface area contributed by atoms with E-state index in [4.69, 9.17) is 4.42 Å². The van der Waals surface area contributed by atoms with Crippen molar-refractivity contribution in [1.82, 2.24) is 10.6 Å². The molecule has 0 saturated heterocycles. The third-order valence-electron chi connectivity index (χ3n) is 6.05. The van der Waals surface area contributed by atoms with Gasteiger partial charge in [-0.25, -0.2) is 0 Å². The van der Waals surface area contributed by atoms with Gasteiger partial charge in [0.1, 0.15) is 5.76 Å². The van der Waals surface area contributed by atoms with Crippen LogP contribution in [0, 0.1) is 13.8 Å². The van der Waals surface area contributed by atoms with Gasteiger partial charge < -0.3 is 15.1 Å². The molecule has 1 saturated carbocycles. The quantitative estimate of drug-likeness (QED) is 0.497. The highest BCUT2D eigenvalue weighted by molar-refractivity contribution is 7.12. The number of amides is 3. The van der Waals surface area contributed by atoms with E-state index in [-0.39, 0.29) is 24.4 Å². The summed E-state index contributed by atoms with van der Waals surface area (Å²) in [6.07, 6.45) is 5.49. The lowest BCUT2D eigenvalue weighted by Crippen LogP contribution is -2.49. The van der Waals surface area contributed by atoms with Gasteiger partial charge in [-0.2, -0.15) is 0 Å². The van der Waals surface area contributed by atoms with Gasteiger partial charge in [0.05, 0.1) is 17.7 Å². The van der Waals surface area contributed by atoms with Crippen LogP contribution in [0.25, 0.3) is 0 Å². The standard InChI is InChI=1S/C26H29N3O4S/c1-17-11-12-20(18(2)15-17)29(23(30)16-27-25(31)22-10-6-14-34-22)24(21-9-5-13-33-21)26(32)28-19-7-3-4-8-19/h5-6,9-15,19,24H,3-4,7-8,16H2,1-2H3,(H,27,31)(H,28,32)/t24-/m0/s1. The van der Waals surface area contributed by atoms with E-state index in [0.29, 0.717) is 16.3 Å². The van der Waals surface area contributed by atoms with Gasteiger partial charge in [-0.05, 0) is 61.9 Å². The average molecular weight is 480 g/mol. The van der Waals surface area contributed by atoms with Crippen molar-refractivity contribution in [3.63, 3.8) is 0 Å². The molecule has 3 aromatic rings. The summed E-state index contributed by atoms with van der Waals surface area (Å²) in [5, 5.41) is 7.61. The lowest BCUT2D eigenvalue weighted by atomic mass is 10.0. The number of rotatable bonds is 8. The number of carbonyl (C=O) groups excluding carboxylic acids is 3. The highest BCUT2D eigenvalue weighted by Gasteiger charge is 2.36. The first-order chi connectivity index (χ1) is 16.4. The molecule has 0 bridgehead atoms. The molecule has 4 rings (SSSR count). The Kier molecular flexibility index (Phi) is 7.47. The third kappa shape index (κ3) is 5.39. The maximum atomic E-state index is 13.6. The minimum Gasteiger partial charge on any atom is -0.467 e. The molecule has 7 nitrogen and oxygen atoms in total. The summed E-state index contributed by atoms with van der Waals surface area (Å²) < 4.78 is 5.64. The molecule has 0 radical (unpaired) electrons. The number of carbonyl (C=O) groups is 3. The number of benzene rings is 1. The SMILES string of the molecule is Cc1ccc(N(C(=O)CNC(=O)c2cccs2)[C@H](C(=O)NC2CCCC2)c2ccco2)c(C)c1. The zero-order chi connectivity index (χ0) is 24.1. The molecule has 3 amide bonds. The van der Waals surface area contributed by atoms with Crippen molar-refractivity contribution in [1.29, 1.82) is 0 Å². The van der Waals surface area contributed by atoms with Crippen molar-refractivity contribution in [2.24, 2.45) is 0 Å². The Balaban J connectivity index is 1.67. The first kappa shape index (κ1) is 23.8. The van der Waals surface area contributed by atoms with Gasteiger partial charge in [0, 0.05) is 11.7 Å². The fourth-order valence-corrected chi connectivity index (χ4v) is 5.04. The fraction of sp³-hybridized carbons (Fsp3) is 0.346. The lowest BCUT2D eigenvalue weighted by Gasteiger charge is -2.32. The van der Waals surface area contributed by atoms with Gasteiger partial charge >= 0.3 is 0 Å². The number of hydrogen-bond acceptors (Lipinski definition) is 5. The molecule has 1 fully saturated rings. The summed E-state index contributed by atoms with van der Waals surface area (Å²) in [4.78, 5) is 41.6. The van der Waals surface area contributed by atoms with Crippen LogP contribution >= 0.6 is 11.3 Å². The zero-order valence-electron chi connectivity index (χ0n) is 19.4. The second-order valence-corrected chi connectivity index (χ2v) is 9.57. The van der Waals surface area contributed by atoms with Crippen LogP contribution in [0.2, 0.25) is 0 Å². The van der Waals surface area contributed by atoms with Crippen LogP contribution in [0.5, 0.6) is 0 Å². The Hall–Kier alpha value is -3.39. The van der Waals surface area contributed by atoms with E-state index in [2.05, 4.69) is 10.6 Å². The second-order valence-electron chi connectivity index (χ2n) is 8.62. The summed E-state index contributed by atoms with van der Waals surface area (Å²) in [6.45, 7) is 3.62. The molecule has 2 heterocycles. The number of anilines is 1. The smallest absolute Gasteiger partial charge is 0.261 e. The average Bonchev–Trinajstić information content (AvgIpc) is 3.59. The van der Waals surface area contributed by atoms with Crippen LogP contribution in [-0.4, -0.2) is 30.3 Å². The number of hydrogen-bond donors (Lipinski definition) is 2. The second kappa shape index (κ2) is 10.7.